The SMILES string of the molecule is Cc1cc(C)c(C)c(C(C)(C)[c-]2cccc2)c1.[Cl-].[Cl-].[Cl-].[Ti+4]. The zero-order chi connectivity index (χ0) is 12.6. The summed E-state index contributed by atoms with van der Waals surface area (Å²) in [5, 5.41) is 0. The first kappa shape index (κ1) is 26.1. The molecule has 2 aromatic carbocycles. The molecule has 4 heteroatoms. The molecule has 0 aliphatic rings. The van der Waals surface area contributed by atoms with Gasteiger partial charge in [0.1, 0.15) is 0 Å². The van der Waals surface area contributed by atoms with Crippen LogP contribution in [-0.2, 0) is 27.1 Å². The second kappa shape index (κ2) is 10.0. The molecule has 0 radical (unpaired) electrons. The van der Waals surface area contributed by atoms with Gasteiger partial charge in [-0.2, -0.15) is 12.1 Å². The Balaban J connectivity index is -0.000000810. The first-order valence-electron chi connectivity index (χ1n) is 6.23. The van der Waals surface area contributed by atoms with E-state index in [-0.39, 0.29) is 64.4 Å². The Morgan fingerprint density at radius 3 is 1.81 bits per heavy atom. The van der Waals surface area contributed by atoms with E-state index in [1.807, 2.05) is 0 Å². The summed E-state index contributed by atoms with van der Waals surface area (Å²) in [5.41, 5.74) is 7.08. The third-order valence-corrected chi connectivity index (χ3v) is 3.87. The van der Waals surface area contributed by atoms with E-state index in [0.29, 0.717) is 0 Å². The van der Waals surface area contributed by atoms with Crippen molar-refractivity contribution in [3.8, 4) is 0 Å². The molecule has 21 heavy (non-hydrogen) atoms. The molecule has 0 aliphatic heterocycles. The van der Waals surface area contributed by atoms with E-state index < -0.39 is 0 Å². The van der Waals surface area contributed by atoms with Crippen LogP contribution in [0.25, 0.3) is 0 Å². The molecular formula is C17H21Cl3Ti. The van der Waals surface area contributed by atoms with Crippen LogP contribution in [0.1, 0.15) is 41.7 Å². The fourth-order valence-corrected chi connectivity index (χ4v) is 2.64. The molecule has 0 aromatic heterocycles. The molecule has 0 heterocycles. The molecular weight excluding hydrogens is 358 g/mol. The van der Waals surface area contributed by atoms with Gasteiger partial charge >= 0.3 is 21.7 Å². The van der Waals surface area contributed by atoms with E-state index in [2.05, 4.69) is 71.0 Å². The smallest absolute Gasteiger partial charge is 1.00 e. The Hall–Kier alpha value is 0.154. The number of rotatable bonds is 2. The summed E-state index contributed by atoms with van der Waals surface area (Å²) in [6.07, 6.45) is 0. The monoisotopic (exact) mass is 378 g/mol. The Kier molecular flexibility index (Phi) is 12.5. The van der Waals surface area contributed by atoms with Gasteiger partial charge in [-0.15, -0.1) is 5.56 Å². The molecule has 0 unspecified atom stereocenters. The van der Waals surface area contributed by atoms with E-state index >= 15 is 0 Å². The summed E-state index contributed by atoms with van der Waals surface area (Å²) in [6.45, 7) is 11.2. The van der Waals surface area contributed by atoms with Crippen LogP contribution in [0.15, 0.2) is 36.4 Å². The van der Waals surface area contributed by atoms with E-state index in [4.69, 9.17) is 0 Å². The Morgan fingerprint density at radius 1 is 0.857 bits per heavy atom. The molecule has 0 saturated carbocycles. The quantitative estimate of drug-likeness (QED) is 0.366. The minimum atomic E-state index is 0. The second-order valence-corrected chi connectivity index (χ2v) is 5.55. The Bertz CT molecular complexity index is 531. The molecule has 0 bridgehead atoms. The van der Waals surface area contributed by atoms with Crippen LogP contribution in [0, 0.1) is 20.8 Å². The summed E-state index contributed by atoms with van der Waals surface area (Å²) in [4.78, 5) is 0. The summed E-state index contributed by atoms with van der Waals surface area (Å²) >= 11 is 0. The fourth-order valence-electron chi connectivity index (χ4n) is 2.64. The van der Waals surface area contributed by atoms with Crippen LogP contribution in [0.3, 0.4) is 0 Å². The summed E-state index contributed by atoms with van der Waals surface area (Å²) < 4.78 is 0. The van der Waals surface area contributed by atoms with Gasteiger partial charge in [-0.25, -0.2) is 12.1 Å². The molecule has 0 aliphatic carbocycles. The van der Waals surface area contributed by atoms with Crippen LogP contribution < -0.4 is 37.2 Å². The zero-order valence-electron chi connectivity index (χ0n) is 13.1. The minimum Gasteiger partial charge on any atom is -1.00 e. The van der Waals surface area contributed by atoms with Crippen molar-refractivity contribution >= 4 is 0 Å². The molecule has 0 amide bonds. The van der Waals surface area contributed by atoms with Gasteiger partial charge < -0.3 is 37.2 Å². The molecule has 2 aromatic rings. The first-order valence-corrected chi connectivity index (χ1v) is 6.23. The third kappa shape index (κ3) is 5.37. The summed E-state index contributed by atoms with van der Waals surface area (Å²) in [5.74, 6) is 0. The van der Waals surface area contributed by atoms with E-state index in [1.54, 1.807) is 0 Å². The van der Waals surface area contributed by atoms with Crippen molar-refractivity contribution in [1.82, 2.24) is 0 Å². The van der Waals surface area contributed by atoms with E-state index in [1.165, 1.54) is 27.8 Å². The largest absolute Gasteiger partial charge is 4.00 e. The van der Waals surface area contributed by atoms with Gasteiger partial charge in [-0.3, -0.25) is 0 Å². The van der Waals surface area contributed by atoms with Gasteiger partial charge in [0.15, 0.2) is 0 Å². The van der Waals surface area contributed by atoms with E-state index in [9.17, 15) is 0 Å². The van der Waals surface area contributed by atoms with Crippen molar-refractivity contribution in [2.24, 2.45) is 0 Å². The maximum absolute atomic E-state index is 2.33. The predicted octanol–water partition coefficient (Wildman–Crippen LogP) is -4.33. The van der Waals surface area contributed by atoms with Gasteiger partial charge in [0.2, 0.25) is 0 Å². The normalized spacial score (nSPS) is 9.57. The summed E-state index contributed by atoms with van der Waals surface area (Å²) in [6, 6.07) is 13.3. The van der Waals surface area contributed by atoms with E-state index in [0.717, 1.165) is 0 Å². The predicted molar refractivity (Wildman–Crippen MR) is 74.8 cm³/mol. The van der Waals surface area contributed by atoms with Crippen molar-refractivity contribution in [3.05, 3.63) is 64.2 Å². The average Bonchev–Trinajstić information content (AvgIpc) is 2.76. The Labute approximate surface area is 162 Å². The topological polar surface area (TPSA) is 0 Å². The molecule has 0 N–H and O–H groups in total. The second-order valence-electron chi connectivity index (χ2n) is 5.55. The molecule has 0 saturated heterocycles. The van der Waals surface area contributed by atoms with Crippen LogP contribution >= 0.6 is 0 Å². The van der Waals surface area contributed by atoms with Crippen LogP contribution in [-0.4, -0.2) is 0 Å². The van der Waals surface area contributed by atoms with Crippen LogP contribution in [0.2, 0.25) is 0 Å². The summed E-state index contributed by atoms with van der Waals surface area (Å²) in [7, 11) is 0. The number of halogens is 3. The third-order valence-electron chi connectivity index (χ3n) is 3.87. The van der Waals surface area contributed by atoms with Gasteiger partial charge in [0.25, 0.3) is 0 Å². The maximum Gasteiger partial charge on any atom is 4.00 e. The van der Waals surface area contributed by atoms with Crippen molar-refractivity contribution in [2.45, 2.75) is 40.0 Å². The minimum absolute atomic E-state index is 0. The number of hydrogen-bond acceptors (Lipinski definition) is 0. The van der Waals surface area contributed by atoms with Crippen LogP contribution in [0.5, 0.6) is 0 Å². The number of hydrogen-bond donors (Lipinski definition) is 0. The molecule has 2 rings (SSSR count). The first-order chi connectivity index (χ1) is 7.93. The van der Waals surface area contributed by atoms with Crippen molar-refractivity contribution in [3.63, 3.8) is 0 Å². The van der Waals surface area contributed by atoms with Crippen molar-refractivity contribution in [2.75, 3.05) is 0 Å². The van der Waals surface area contributed by atoms with Gasteiger partial charge in [0.05, 0.1) is 0 Å². The molecule has 0 atom stereocenters. The number of benzene rings is 1. The number of aryl methyl sites for hydroxylation is 2. The van der Waals surface area contributed by atoms with Crippen LogP contribution in [0.4, 0.5) is 0 Å². The molecule has 0 nitrogen and oxygen atoms in total. The Morgan fingerprint density at radius 2 is 1.33 bits per heavy atom. The standard InChI is InChI=1S/C17H21.3ClH.Ti/c1-12-10-13(2)14(3)16(11-12)17(4,5)15-8-6-7-9-15;;;;/h6-11H,1-5H3;3*1H;/q-1;;;;+4/p-3. The molecule has 114 valence electrons. The maximum atomic E-state index is 2.33. The molecule has 0 fully saturated rings. The fraction of sp³-hybridized carbons (Fsp3) is 0.353. The molecule has 0 spiro atoms. The van der Waals surface area contributed by atoms with Crippen molar-refractivity contribution < 1.29 is 58.9 Å². The van der Waals surface area contributed by atoms with Gasteiger partial charge in [-0.1, -0.05) is 31.5 Å². The zero-order valence-corrected chi connectivity index (χ0v) is 16.9. The van der Waals surface area contributed by atoms with Crippen molar-refractivity contribution in [1.29, 1.82) is 0 Å². The average molecular weight is 380 g/mol. The van der Waals surface area contributed by atoms with Gasteiger partial charge in [-0.05, 0) is 42.9 Å². The van der Waals surface area contributed by atoms with Gasteiger partial charge in [0, 0.05) is 0 Å².